The molecule has 1 atom stereocenters. The van der Waals surface area contributed by atoms with E-state index in [-0.39, 0.29) is 31.1 Å². The highest BCUT2D eigenvalue weighted by atomic mass is 16.6. The summed E-state index contributed by atoms with van der Waals surface area (Å²) in [5.41, 5.74) is 0. The molecular weight excluding hydrogens is 829 g/mol. The SMILES string of the molecule is CC/C=C\C/C=C\C/C=C\C/C=C\CCCCC(=O)OC[C@H](COC(=O)CCCCCCCCC/C=C\CCCCCCCC)OC(=O)CCCCCCCCC/C=C\CCCCCCCC. The molecule has 67 heavy (non-hydrogen) atoms. The third-order valence-corrected chi connectivity index (χ3v) is 12.2. The average molecular weight is 936 g/mol. The molecule has 0 spiro atoms. The monoisotopic (exact) mass is 935 g/mol. The van der Waals surface area contributed by atoms with Crippen LogP contribution in [0.4, 0.5) is 0 Å². The number of hydrogen-bond acceptors (Lipinski definition) is 6. The molecule has 0 unspecified atom stereocenters. The third kappa shape index (κ3) is 53.7. The molecule has 386 valence electrons. The summed E-state index contributed by atoms with van der Waals surface area (Å²) in [4.78, 5) is 38.1. The lowest BCUT2D eigenvalue weighted by atomic mass is 10.1. The van der Waals surface area contributed by atoms with Gasteiger partial charge in [-0.15, -0.1) is 0 Å². The van der Waals surface area contributed by atoms with E-state index in [2.05, 4.69) is 93.7 Å². The Hall–Kier alpha value is -3.15. The van der Waals surface area contributed by atoms with Crippen LogP contribution in [0.3, 0.4) is 0 Å². The third-order valence-electron chi connectivity index (χ3n) is 12.2. The Morgan fingerprint density at radius 2 is 0.582 bits per heavy atom. The molecule has 0 aromatic rings. The molecule has 0 N–H and O–H groups in total. The summed E-state index contributed by atoms with van der Waals surface area (Å²) in [5, 5.41) is 0. The van der Waals surface area contributed by atoms with E-state index in [9.17, 15) is 14.4 Å². The standard InChI is InChI=1S/C61H106O6/c1-4-7-10-13-16-19-22-25-28-30-33-36-39-42-45-48-51-54-60(63)66-57-58(56-65-59(62)53-50-47-44-41-38-35-32-27-24-21-18-15-12-9-6-3)67-61(64)55-52-49-46-43-40-37-34-31-29-26-23-20-17-14-11-8-5-2/h9,12,18,21,25-29,32,38,41,58H,4-8,10-11,13-17,19-20,22-24,30-31,33-37,39-40,42-57H2,1-3H3/b12-9-,21-18-,28-25-,29-26-,32-27-,41-38-/t58-/m1/s1. The predicted octanol–water partition coefficient (Wildman–Crippen LogP) is 19.0. The first-order valence-corrected chi connectivity index (χ1v) is 28.4. The van der Waals surface area contributed by atoms with E-state index < -0.39 is 6.10 Å². The molecule has 6 heteroatoms. The van der Waals surface area contributed by atoms with Crippen molar-refractivity contribution in [3.8, 4) is 0 Å². The largest absolute Gasteiger partial charge is 0.462 e. The maximum absolute atomic E-state index is 12.8. The molecule has 0 aromatic heterocycles. The zero-order valence-corrected chi connectivity index (χ0v) is 44.2. The number of carbonyl (C=O) groups is 3. The Morgan fingerprint density at radius 3 is 0.955 bits per heavy atom. The summed E-state index contributed by atoms with van der Waals surface area (Å²) in [7, 11) is 0. The van der Waals surface area contributed by atoms with Gasteiger partial charge in [0.05, 0.1) is 0 Å². The lowest BCUT2D eigenvalue weighted by Crippen LogP contribution is -2.30. The van der Waals surface area contributed by atoms with Gasteiger partial charge >= 0.3 is 17.9 Å². The van der Waals surface area contributed by atoms with Gasteiger partial charge in [0.15, 0.2) is 6.10 Å². The van der Waals surface area contributed by atoms with Crippen LogP contribution in [0.5, 0.6) is 0 Å². The van der Waals surface area contributed by atoms with E-state index in [4.69, 9.17) is 14.2 Å². The van der Waals surface area contributed by atoms with Crippen molar-refractivity contribution >= 4 is 17.9 Å². The van der Waals surface area contributed by atoms with Crippen LogP contribution < -0.4 is 0 Å². The molecule has 0 rings (SSSR count). The number of esters is 3. The van der Waals surface area contributed by atoms with Gasteiger partial charge in [0.25, 0.3) is 0 Å². The van der Waals surface area contributed by atoms with Gasteiger partial charge in [-0.3, -0.25) is 14.4 Å². The second-order valence-corrected chi connectivity index (χ2v) is 18.8. The van der Waals surface area contributed by atoms with E-state index in [0.29, 0.717) is 19.3 Å². The van der Waals surface area contributed by atoms with Gasteiger partial charge in [0, 0.05) is 19.3 Å². The highest BCUT2D eigenvalue weighted by molar-refractivity contribution is 5.71. The van der Waals surface area contributed by atoms with Gasteiger partial charge < -0.3 is 14.2 Å². The molecular formula is C61H106O6. The van der Waals surface area contributed by atoms with Gasteiger partial charge in [0.2, 0.25) is 0 Å². The Morgan fingerprint density at radius 1 is 0.313 bits per heavy atom. The molecule has 0 aliphatic heterocycles. The zero-order valence-electron chi connectivity index (χ0n) is 44.2. The van der Waals surface area contributed by atoms with E-state index >= 15 is 0 Å². The predicted molar refractivity (Wildman–Crippen MR) is 288 cm³/mol. The summed E-state index contributed by atoms with van der Waals surface area (Å²) in [6, 6.07) is 0. The van der Waals surface area contributed by atoms with Crippen LogP contribution in [-0.2, 0) is 28.6 Å². The van der Waals surface area contributed by atoms with Crippen LogP contribution in [0.1, 0.15) is 278 Å². The molecule has 0 aliphatic rings. The number of rotatable bonds is 51. The summed E-state index contributed by atoms with van der Waals surface area (Å²) in [5.74, 6) is -0.936. The number of hydrogen-bond donors (Lipinski definition) is 0. The number of ether oxygens (including phenoxy) is 3. The Labute approximate surface area is 414 Å². The first-order chi connectivity index (χ1) is 33.0. The molecule has 0 aliphatic carbocycles. The Balaban J connectivity index is 4.44. The van der Waals surface area contributed by atoms with Gasteiger partial charge in [-0.2, -0.15) is 0 Å². The summed E-state index contributed by atoms with van der Waals surface area (Å²) in [6.07, 6.45) is 70.3. The summed E-state index contributed by atoms with van der Waals surface area (Å²) < 4.78 is 16.8. The number of carbonyl (C=O) groups excluding carboxylic acids is 3. The highest BCUT2D eigenvalue weighted by Gasteiger charge is 2.19. The van der Waals surface area contributed by atoms with Crippen LogP contribution >= 0.6 is 0 Å². The fourth-order valence-electron chi connectivity index (χ4n) is 7.89. The van der Waals surface area contributed by atoms with Crippen molar-refractivity contribution in [3.05, 3.63) is 72.9 Å². The molecule has 0 fully saturated rings. The fourth-order valence-corrected chi connectivity index (χ4v) is 7.89. The minimum Gasteiger partial charge on any atom is -0.462 e. The lowest BCUT2D eigenvalue weighted by molar-refractivity contribution is -0.167. The quantitative estimate of drug-likeness (QED) is 0.0262. The van der Waals surface area contributed by atoms with E-state index in [1.54, 1.807) is 0 Å². The molecule has 0 saturated carbocycles. The first kappa shape index (κ1) is 63.8. The molecule has 6 nitrogen and oxygen atoms in total. The topological polar surface area (TPSA) is 78.9 Å². The van der Waals surface area contributed by atoms with Crippen molar-refractivity contribution in [2.24, 2.45) is 0 Å². The second-order valence-electron chi connectivity index (χ2n) is 18.8. The second kappa shape index (κ2) is 55.4. The maximum Gasteiger partial charge on any atom is 0.306 e. The van der Waals surface area contributed by atoms with Crippen molar-refractivity contribution in [2.75, 3.05) is 13.2 Å². The Bertz CT molecular complexity index is 1260. The van der Waals surface area contributed by atoms with Gasteiger partial charge in [-0.05, 0) is 109 Å². The fraction of sp³-hybridized carbons (Fsp3) is 0.754. The van der Waals surface area contributed by atoms with E-state index in [1.165, 1.54) is 154 Å². The van der Waals surface area contributed by atoms with E-state index in [1.807, 2.05) is 0 Å². The van der Waals surface area contributed by atoms with Crippen LogP contribution in [0, 0.1) is 0 Å². The minimum atomic E-state index is -0.796. The van der Waals surface area contributed by atoms with Crippen molar-refractivity contribution in [1.82, 2.24) is 0 Å². The highest BCUT2D eigenvalue weighted by Crippen LogP contribution is 2.15. The molecule has 0 amide bonds. The van der Waals surface area contributed by atoms with Crippen molar-refractivity contribution in [3.63, 3.8) is 0 Å². The minimum absolute atomic E-state index is 0.0919. The molecule has 0 heterocycles. The maximum atomic E-state index is 12.8. The summed E-state index contributed by atoms with van der Waals surface area (Å²) >= 11 is 0. The lowest BCUT2D eigenvalue weighted by Gasteiger charge is -2.18. The van der Waals surface area contributed by atoms with Crippen LogP contribution in [-0.4, -0.2) is 37.2 Å². The first-order valence-electron chi connectivity index (χ1n) is 28.4. The van der Waals surface area contributed by atoms with Gasteiger partial charge in [0.1, 0.15) is 13.2 Å². The smallest absolute Gasteiger partial charge is 0.306 e. The zero-order chi connectivity index (χ0) is 48.6. The summed E-state index contributed by atoms with van der Waals surface area (Å²) in [6.45, 7) is 6.49. The van der Waals surface area contributed by atoms with Crippen molar-refractivity contribution in [2.45, 2.75) is 284 Å². The molecule has 0 bridgehead atoms. The van der Waals surface area contributed by atoms with Crippen molar-refractivity contribution < 1.29 is 28.6 Å². The van der Waals surface area contributed by atoms with Crippen molar-refractivity contribution in [1.29, 1.82) is 0 Å². The van der Waals surface area contributed by atoms with Gasteiger partial charge in [-0.1, -0.05) is 222 Å². The average Bonchev–Trinajstić information content (AvgIpc) is 3.33. The van der Waals surface area contributed by atoms with Crippen LogP contribution in [0.15, 0.2) is 72.9 Å². The number of allylic oxidation sites excluding steroid dienone is 12. The molecule has 0 aromatic carbocycles. The Kier molecular flexibility index (Phi) is 52.8. The number of unbranched alkanes of at least 4 members (excludes halogenated alkanes) is 28. The normalized spacial score (nSPS) is 12.6. The molecule has 0 saturated heterocycles. The van der Waals surface area contributed by atoms with E-state index in [0.717, 1.165) is 83.5 Å². The van der Waals surface area contributed by atoms with Crippen LogP contribution in [0.25, 0.3) is 0 Å². The molecule has 0 radical (unpaired) electrons. The van der Waals surface area contributed by atoms with Gasteiger partial charge in [-0.25, -0.2) is 0 Å². The van der Waals surface area contributed by atoms with Crippen LogP contribution in [0.2, 0.25) is 0 Å².